The molecule has 1 aromatic heterocycles. The monoisotopic (exact) mass is 428 g/mol. The van der Waals surface area contributed by atoms with Crippen LogP contribution < -0.4 is 21.1 Å². The standard InChI is InChI=1S/C22H25FN4O2S/c1-3-14-13-15(5-10-18(14)23)19(28)20-21(24)27-22(30-20)26-16-6-8-17(9-7-16)29-12-11-25-4-2/h5-10,13,25H,3-4,11-12,24H2,1-2H3,(H,26,27). The van der Waals surface area contributed by atoms with Gasteiger partial charge in [-0.1, -0.05) is 25.2 Å². The topological polar surface area (TPSA) is 89.3 Å². The van der Waals surface area contributed by atoms with Gasteiger partial charge in [-0.3, -0.25) is 4.79 Å². The molecule has 0 spiro atoms. The summed E-state index contributed by atoms with van der Waals surface area (Å²) in [6, 6.07) is 11.8. The number of carbonyl (C=O) groups is 1. The van der Waals surface area contributed by atoms with Crippen LogP contribution in [0.15, 0.2) is 42.5 Å². The first kappa shape index (κ1) is 21.7. The van der Waals surface area contributed by atoms with E-state index in [0.29, 0.717) is 34.2 Å². The number of ketones is 1. The summed E-state index contributed by atoms with van der Waals surface area (Å²) in [4.78, 5) is 17.4. The Morgan fingerprint density at radius 1 is 1.20 bits per heavy atom. The van der Waals surface area contributed by atoms with Gasteiger partial charge >= 0.3 is 0 Å². The molecule has 0 bridgehead atoms. The van der Waals surface area contributed by atoms with Crippen molar-refractivity contribution in [2.75, 3.05) is 30.7 Å². The van der Waals surface area contributed by atoms with Gasteiger partial charge in [0.2, 0.25) is 5.78 Å². The molecule has 0 saturated carbocycles. The minimum Gasteiger partial charge on any atom is -0.492 e. The van der Waals surface area contributed by atoms with Crippen LogP contribution in [0.4, 0.5) is 21.0 Å². The third-order valence-corrected chi connectivity index (χ3v) is 5.44. The summed E-state index contributed by atoms with van der Waals surface area (Å²) < 4.78 is 19.4. The normalized spacial score (nSPS) is 10.8. The molecule has 0 unspecified atom stereocenters. The average Bonchev–Trinajstić information content (AvgIpc) is 3.12. The van der Waals surface area contributed by atoms with Gasteiger partial charge in [-0.2, -0.15) is 0 Å². The number of benzene rings is 2. The zero-order valence-corrected chi connectivity index (χ0v) is 17.8. The number of carbonyl (C=O) groups excluding carboxylic acids is 1. The number of hydrogen-bond donors (Lipinski definition) is 3. The van der Waals surface area contributed by atoms with E-state index in [0.717, 1.165) is 24.5 Å². The number of ether oxygens (including phenoxy) is 1. The zero-order valence-electron chi connectivity index (χ0n) is 17.0. The maximum Gasteiger partial charge on any atom is 0.206 e. The van der Waals surface area contributed by atoms with Crippen molar-refractivity contribution in [3.05, 3.63) is 64.3 Å². The second-order valence-electron chi connectivity index (χ2n) is 6.57. The maximum atomic E-state index is 13.7. The molecule has 0 fully saturated rings. The van der Waals surface area contributed by atoms with Crippen LogP contribution in [0.5, 0.6) is 5.75 Å². The molecule has 0 saturated heterocycles. The molecule has 0 amide bonds. The van der Waals surface area contributed by atoms with Gasteiger partial charge in [0.05, 0.1) is 0 Å². The number of nitrogens with one attached hydrogen (secondary N) is 2. The second-order valence-corrected chi connectivity index (χ2v) is 7.57. The van der Waals surface area contributed by atoms with Crippen molar-refractivity contribution in [2.45, 2.75) is 20.3 Å². The van der Waals surface area contributed by atoms with Crippen molar-refractivity contribution in [1.29, 1.82) is 0 Å². The Bertz CT molecular complexity index is 1000. The molecule has 8 heteroatoms. The summed E-state index contributed by atoms with van der Waals surface area (Å²) in [6.07, 6.45) is 0.507. The third kappa shape index (κ3) is 5.34. The Morgan fingerprint density at radius 3 is 2.67 bits per heavy atom. The summed E-state index contributed by atoms with van der Waals surface area (Å²) >= 11 is 1.17. The highest BCUT2D eigenvalue weighted by Crippen LogP contribution is 2.30. The first-order valence-electron chi connectivity index (χ1n) is 9.81. The van der Waals surface area contributed by atoms with E-state index >= 15 is 0 Å². The van der Waals surface area contributed by atoms with Crippen LogP contribution in [0.1, 0.15) is 34.6 Å². The minimum absolute atomic E-state index is 0.151. The fourth-order valence-electron chi connectivity index (χ4n) is 2.84. The number of nitrogens with zero attached hydrogens (tertiary/aromatic N) is 1. The van der Waals surface area contributed by atoms with Gasteiger partial charge in [0, 0.05) is 17.8 Å². The Balaban J connectivity index is 1.68. The summed E-state index contributed by atoms with van der Waals surface area (Å²) in [7, 11) is 0. The van der Waals surface area contributed by atoms with Crippen LogP contribution in [0.25, 0.3) is 0 Å². The van der Waals surface area contributed by atoms with Crippen molar-refractivity contribution in [2.24, 2.45) is 0 Å². The number of aromatic nitrogens is 1. The largest absolute Gasteiger partial charge is 0.492 e. The first-order valence-corrected chi connectivity index (χ1v) is 10.6. The van der Waals surface area contributed by atoms with E-state index < -0.39 is 0 Å². The van der Waals surface area contributed by atoms with Gasteiger partial charge in [0.25, 0.3) is 0 Å². The highest BCUT2D eigenvalue weighted by molar-refractivity contribution is 7.18. The summed E-state index contributed by atoms with van der Waals surface area (Å²) in [5.74, 6) is 0.342. The second kappa shape index (κ2) is 10.2. The quantitative estimate of drug-likeness (QED) is 0.328. The van der Waals surface area contributed by atoms with Crippen molar-refractivity contribution >= 4 is 33.8 Å². The van der Waals surface area contributed by atoms with E-state index in [-0.39, 0.29) is 17.4 Å². The highest BCUT2D eigenvalue weighted by atomic mass is 32.1. The van der Waals surface area contributed by atoms with Crippen LogP contribution in [0.2, 0.25) is 0 Å². The molecule has 1 heterocycles. The van der Waals surface area contributed by atoms with Crippen LogP contribution in [-0.4, -0.2) is 30.5 Å². The molecular formula is C22H25FN4O2S. The molecule has 2 aromatic carbocycles. The lowest BCUT2D eigenvalue weighted by molar-refractivity contribution is 0.104. The van der Waals surface area contributed by atoms with E-state index in [1.54, 1.807) is 6.07 Å². The lowest BCUT2D eigenvalue weighted by Gasteiger charge is -2.07. The highest BCUT2D eigenvalue weighted by Gasteiger charge is 2.19. The fraction of sp³-hybridized carbons (Fsp3) is 0.273. The molecule has 4 N–H and O–H groups in total. The number of anilines is 3. The predicted octanol–water partition coefficient (Wildman–Crippen LogP) is 4.39. The van der Waals surface area contributed by atoms with E-state index in [2.05, 4.69) is 15.6 Å². The zero-order chi connectivity index (χ0) is 21.5. The van der Waals surface area contributed by atoms with Crippen LogP contribution in [0, 0.1) is 5.82 Å². The van der Waals surface area contributed by atoms with E-state index in [1.165, 1.54) is 23.5 Å². The molecule has 3 aromatic rings. The number of halogens is 1. The smallest absolute Gasteiger partial charge is 0.206 e. The van der Waals surface area contributed by atoms with Crippen molar-refractivity contribution in [3.63, 3.8) is 0 Å². The fourth-order valence-corrected chi connectivity index (χ4v) is 3.71. The number of rotatable bonds is 10. The number of likely N-dealkylation sites (N-methyl/N-ethyl adjacent to an activating group) is 1. The Hall–Kier alpha value is -2.97. The van der Waals surface area contributed by atoms with Crippen molar-refractivity contribution in [1.82, 2.24) is 10.3 Å². The lowest BCUT2D eigenvalue weighted by atomic mass is 10.0. The SMILES string of the molecule is CCNCCOc1ccc(Nc2nc(N)c(C(=O)c3ccc(F)c(CC)c3)s2)cc1. The molecule has 0 aliphatic carbocycles. The number of nitrogen functional groups attached to an aromatic ring is 1. The number of nitrogens with two attached hydrogens (primary N) is 1. The van der Waals surface area contributed by atoms with E-state index in [1.807, 2.05) is 38.1 Å². The summed E-state index contributed by atoms with van der Waals surface area (Å²) in [5.41, 5.74) is 7.67. The van der Waals surface area contributed by atoms with Crippen molar-refractivity contribution < 1.29 is 13.9 Å². The van der Waals surface area contributed by atoms with Gasteiger partial charge < -0.3 is 21.1 Å². The van der Waals surface area contributed by atoms with Crippen molar-refractivity contribution in [3.8, 4) is 5.75 Å². The number of hydrogen-bond acceptors (Lipinski definition) is 7. The Morgan fingerprint density at radius 2 is 1.97 bits per heavy atom. The van der Waals surface area contributed by atoms with E-state index in [4.69, 9.17) is 10.5 Å². The van der Waals surface area contributed by atoms with Gasteiger partial charge in [-0.25, -0.2) is 9.37 Å². The van der Waals surface area contributed by atoms with Crippen LogP contribution >= 0.6 is 11.3 Å². The van der Waals surface area contributed by atoms with Gasteiger partial charge in [0.1, 0.15) is 28.9 Å². The molecule has 0 radical (unpaired) electrons. The summed E-state index contributed by atoms with van der Waals surface area (Å²) in [6.45, 7) is 6.19. The van der Waals surface area contributed by atoms with E-state index in [9.17, 15) is 9.18 Å². The molecule has 0 aliphatic rings. The molecule has 30 heavy (non-hydrogen) atoms. The third-order valence-electron chi connectivity index (χ3n) is 4.45. The number of aryl methyl sites for hydroxylation is 1. The average molecular weight is 429 g/mol. The van der Waals surface area contributed by atoms with Crippen LogP contribution in [0.3, 0.4) is 0 Å². The lowest BCUT2D eigenvalue weighted by Crippen LogP contribution is -2.20. The molecule has 6 nitrogen and oxygen atoms in total. The maximum absolute atomic E-state index is 13.7. The summed E-state index contributed by atoms with van der Waals surface area (Å²) in [5, 5.41) is 6.86. The minimum atomic E-state index is -0.317. The predicted molar refractivity (Wildman–Crippen MR) is 120 cm³/mol. The molecular weight excluding hydrogens is 403 g/mol. The Kier molecular flexibility index (Phi) is 7.37. The molecule has 3 rings (SSSR count). The van der Waals surface area contributed by atoms with Gasteiger partial charge in [0.15, 0.2) is 5.13 Å². The molecule has 0 atom stereocenters. The molecule has 0 aliphatic heterocycles. The number of thiazole rings is 1. The first-order chi connectivity index (χ1) is 14.5. The van der Waals surface area contributed by atoms with Crippen LogP contribution in [-0.2, 0) is 6.42 Å². The van der Waals surface area contributed by atoms with Gasteiger partial charge in [-0.15, -0.1) is 0 Å². The molecule has 158 valence electrons. The Labute approximate surface area is 179 Å². The van der Waals surface area contributed by atoms with Gasteiger partial charge in [-0.05, 0) is 61.0 Å².